The van der Waals surface area contributed by atoms with Crippen LogP contribution in [0, 0.1) is 0 Å². The van der Waals surface area contributed by atoms with Crippen molar-refractivity contribution in [1.82, 2.24) is 0 Å². The van der Waals surface area contributed by atoms with Gasteiger partial charge in [0.15, 0.2) is 0 Å². The predicted octanol–water partition coefficient (Wildman–Crippen LogP) is 3.12. The van der Waals surface area contributed by atoms with Crippen molar-refractivity contribution >= 4 is 11.8 Å². The fraction of sp³-hybridized carbons (Fsp3) is 0.538. The number of hydrogen-bond donors (Lipinski definition) is 1. The van der Waals surface area contributed by atoms with Crippen LogP contribution in [0.15, 0.2) is 30.3 Å². The largest absolute Gasteiger partial charge is 0.393 e. The lowest BCUT2D eigenvalue weighted by Gasteiger charge is -2.09. The summed E-state index contributed by atoms with van der Waals surface area (Å²) >= 11 is 1.90. The van der Waals surface area contributed by atoms with Gasteiger partial charge in [-0.15, -0.1) is 0 Å². The monoisotopic (exact) mass is 224 g/mol. The molecule has 1 aromatic carbocycles. The molecule has 15 heavy (non-hydrogen) atoms. The molecule has 0 saturated heterocycles. The summed E-state index contributed by atoms with van der Waals surface area (Å²) in [4.78, 5) is 0. The zero-order valence-corrected chi connectivity index (χ0v) is 10.2. The molecule has 84 valence electrons. The Hall–Kier alpha value is -0.470. The minimum atomic E-state index is -0.135. The molecule has 0 aromatic heterocycles. The second kappa shape index (κ2) is 7.77. The normalized spacial score (nSPS) is 12.7. The van der Waals surface area contributed by atoms with E-state index in [9.17, 15) is 5.11 Å². The highest BCUT2D eigenvalue weighted by Gasteiger charge is 2.03. The SMILES string of the molecule is CCSCCC(O)CCc1ccccc1. The zero-order chi connectivity index (χ0) is 10.9. The molecule has 1 atom stereocenters. The third-order valence-corrected chi connectivity index (χ3v) is 3.34. The molecule has 0 aliphatic rings. The van der Waals surface area contributed by atoms with E-state index < -0.39 is 0 Å². The first kappa shape index (κ1) is 12.6. The van der Waals surface area contributed by atoms with Gasteiger partial charge in [-0.05, 0) is 36.3 Å². The number of aliphatic hydroxyl groups is 1. The Kier molecular flexibility index (Phi) is 6.53. The van der Waals surface area contributed by atoms with Crippen molar-refractivity contribution in [1.29, 1.82) is 0 Å². The maximum atomic E-state index is 9.72. The van der Waals surface area contributed by atoms with Gasteiger partial charge >= 0.3 is 0 Å². The van der Waals surface area contributed by atoms with Crippen molar-refractivity contribution in [3.63, 3.8) is 0 Å². The van der Waals surface area contributed by atoms with Gasteiger partial charge in [-0.3, -0.25) is 0 Å². The lowest BCUT2D eigenvalue weighted by Crippen LogP contribution is -2.09. The van der Waals surface area contributed by atoms with E-state index in [0.29, 0.717) is 0 Å². The van der Waals surface area contributed by atoms with E-state index in [-0.39, 0.29) is 6.10 Å². The quantitative estimate of drug-likeness (QED) is 0.718. The second-order valence-corrected chi connectivity index (χ2v) is 5.06. The van der Waals surface area contributed by atoms with Crippen molar-refractivity contribution in [2.24, 2.45) is 0 Å². The van der Waals surface area contributed by atoms with E-state index in [1.54, 1.807) is 0 Å². The number of aliphatic hydroxyl groups excluding tert-OH is 1. The van der Waals surface area contributed by atoms with Crippen LogP contribution in [0.1, 0.15) is 25.3 Å². The molecule has 0 aliphatic heterocycles. The summed E-state index contributed by atoms with van der Waals surface area (Å²) in [6, 6.07) is 10.4. The highest BCUT2D eigenvalue weighted by atomic mass is 32.2. The summed E-state index contributed by atoms with van der Waals surface area (Å²) in [5.41, 5.74) is 1.32. The number of rotatable bonds is 7. The Labute approximate surface area is 96.9 Å². The average molecular weight is 224 g/mol. The van der Waals surface area contributed by atoms with Gasteiger partial charge in [0.25, 0.3) is 0 Å². The standard InChI is InChI=1S/C13H20OS/c1-2-15-11-10-13(14)9-8-12-6-4-3-5-7-12/h3-7,13-14H,2,8-11H2,1H3. The molecule has 1 unspecified atom stereocenters. The van der Waals surface area contributed by atoms with E-state index in [1.807, 2.05) is 17.8 Å². The minimum Gasteiger partial charge on any atom is -0.393 e. The van der Waals surface area contributed by atoms with Crippen molar-refractivity contribution < 1.29 is 5.11 Å². The number of hydrogen-bond acceptors (Lipinski definition) is 2. The fourth-order valence-corrected chi connectivity index (χ4v) is 2.21. The Balaban J connectivity index is 2.14. The van der Waals surface area contributed by atoms with E-state index in [1.165, 1.54) is 5.56 Å². The number of aryl methyl sites for hydroxylation is 1. The van der Waals surface area contributed by atoms with E-state index in [0.717, 1.165) is 30.8 Å². The fourth-order valence-electron chi connectivity index (χ4n) is 1.49. The first-order valence-electron chi connectivity index (χ1n) is 5.62. The summed E-state index contributed by atoms with van der Waals surface area (Å²) < 4.78 is 0. The first-order valence-corrected chi connectivity index (χ1v) is 6.78. The molecule has 0 bridgehead atoms. The molecule has 0 amide bonds. The smallest absolute Gasteiger partial charge is 0.0551 e. The second-order valence-electron chi connectivity index (χ2n) is 3.66. The van der Waals surface area contributed by atoms with Gasteiger partial charge in [0, 0.05) is 0 Å². The van der Waals surface area contributed by atoms with Crippen LogP contribution in [-0.2, 0) is 6.42 Å². The highest BCUT2D eigenvalue weighted by Crippen LogP contribution is 2.10. The molecule has 0 radical (unpaired) electrons. The molecule has 0 spiro atoms. The van der Waals surface area contributed by atoms with Gasteiger partial charge in [0.1, 0.15) is 0 Å². The van der Waals surface area contributed by atoms with Crippen LogP contribution in [0.25, 0.3) is 0 Å². The molecule has 1 nitrogen and oxygen atoms in total. The van der Waals surface area contributed by atoms with Crippen molar-refractivity contribution in [3.05, 3.63) is 35.9 Å². The summed E-state index contributed by atoms with van der Waals surface area (Å²) in [6.07, 6.45) is 2.66. The van der Waals surface area contributed by atoms with Crippen LogP contribution in [0.5, 0.6) is 0 Å². The lowest BCUT2D eigenvalue weighted by molar-refractivity contribution is 0.162. The Morgan fingerprint density at radius 3 is 2.60 bits per heavy atom. The van der Waals surface area contributed by atoms with Gasteiger partial charge in [0.05, 0.1) is 6.10 Å². The van der Waals surface area contributed by atoms with Gasteiger partial charge in [-0.25, -0.2) is 0 Å². The molecular formula is C13H20OS. The van der Waals surface area contributed by atoms with Crippen molar-refractivity contribution in [2.75, 3.05) is 11.5 Å². The average Bonchev–Trinajstić information content (AvgIpc) is 2.28. The molecule has 2 heteroatoms. The molecule has 0 aliphatic carbocycles. The number of benzene rings is 1. The van der Waals surface area contributed by atoms with Crippen molar-refractivity contribution in [2.45, 2.75) is 32.3 Å². The van der Waals surface area contributed by atoms with E-state index in [4.69, 9.17) is 0 Å². The Bertz CT molecular complexity index is 248. The van der Waals surface area contributed by atoms with Crippen molar-refractivity contribution in [3.8, 4) is 0 Å². The van der Waals surface area contributed by atoms with Crippen LogP contribution in [0.2, 0.25) is 0 Å². The highest BCUT2D eigenvalue weighted by molar-refractivity contribution is 7.99. The maximum absolute atomic E-state index is 9.72. The van der Waals surface area contributed by atoms with Gasteiger partial charge in [-0.2, -0.15) is 11.8 Å². The van der Waals surface area contributed by atoms with Crippen LogP contribution in [-0.4, -0.2) is 22.7 Å². The summed E-state index contributed by atoms with van der Waals surface area (Å²) in [7, 11) is 0. The van der Waals surface area contributed by atoms with Gasteiger partial charge in [0.2, 0.25) is 0 Å². The summed E-state index contributed by atoms with van der Waals surface area (Å²) in [5, 5.41) is 9.72. The minimum absolute atomic E-state index is 0.135. The van der Waals surface area contributed by atoms with E-state index in [2.05, 4.69) is 31.2 Å². The van der Waals surface area contributed by atoms with Crippen LogP contribution in [0.4, 0.5) is 0 Å². The number of thioether (sulfide) groups is 1. The van der Waals surface area contributed by atoms with Crippen LogP contribution < -0.4 is 0 Å². The predicted molar refractivity (Wildman–Crippen MR) is 68.4 cm³/mol. The molecule has 1 rings (SSSR count). The Morgan fingerprint density at radius 2 is 1.93 bits per heavy atom. The summed E-state index contributed by atoms with van der Waals surface area (Å²) in [5.74, 6) is 2.22. The molecule has 1 aromatic rings. The van der Waals surface area contributed by atoms with E-state index >= 15 is 0 Å². The molecular weight excluding hydrogens is 204 g/mol. The molecule has 1 N–H and O–H groups in total. The Morgan fingerprint density at radius 1 is 1.20 bits per heavy atom. The van der Waals surface area contributed by atoms with Crippen LogP contribution >= 0.6 is 11.8 Å². The summed E-state index contributed by atoms with van der Waals surface area (Å²) in [6.45, 7) is 2.15. The third kappa shape index (κ3) is 5.85. The molecule has 0 fully saturated rings. The van der Waals surface area contributed by atoms with Gasteiger partial charge in [-0.1, -0.05) is 37.3 Å². The third-order valence-electron chi connectivity index (χ3n) is 2.41. The van der Waals surface area contributed by atoms with Gasteiger partial charge < -0.3 is 5.11 Å². The first-order chi connectivity index (χ1) is 7.33. The molecule has 0 saturated carbocycles. The van der Waals surface area contributed by atoms with Crippen LogP contribution in [0.3, 0.4) is 0 Å². The maximum Gasteiger partial charge on any atom is 0.0551 e. The molecule has 0 heterocycles. The topological polar surface area (TPSA) is 20.2 Å². The zero-order valence-electron chi connectivity index (χ0n) is 9.36. The lowest BCUT2D eigenvalue weighted by atomic mass is 10.1.